The number of carbonyl (C=O) groups is 2. The van der Waals surface area contributed by atoms with Gasteiger partial charge < -0.3 is 19.2 Å². The van der Waals surface area contributed by atoms with Gasteiger partial charge in [0.1, 0.15) is 30.5 Å². The molecule has 8 heteroatoms. The highest BCUT2D eigenvalue weighted by molar-refractivity contribution is 6.05. The van der Waals surface area contributed by atoms with Crippen molar-refractivity contribution in [2.75, 3.05) is 23.4 Å². The van der Waals surface area contributed by atoms with E-state index in [1.165, 1.54) is 35.2 Å². The second kappa shape index (κ2) is 8.05. The molecular formula is C21H17FN2O5. The number of para-hydroxylation sites is 2. The number of anilines is 2. The van der Waals surface area contributed by atoms with Crippen molar-refractivity contribution in [1.29, 1.82) is 0 Å². The molecule has 1 aliphatic heterocycles. The summed E-state index contributed by atoms with van der Waals surface area (Å²) >= 11 is 0. The van der Waals surface area contributed by atoms with Crippen LogP contribution in [0.5, 0.6) is 5.75 Å². The highest BCUT2D eigenvalue weighted by Gasteiger charge is 2.26. The maximum atomic E-state index is 12.9. The molecule has 1 saturated heterocycles. The number of benzene rings is 2. The number of hydrogen-bond donors (Lipinski definition) is 1. The van der Waals surface area contributed by atoms with E-state index >= 15 is 0 Å². The van der Waals surface area contributed by atoms with E-state index in [1.54, 1.807) is 30.3 Å². The van der Waals surface area contributed by atoms with Crippen LogP contribution >= 0.6 is 0 Å². The summed E-state index contributed by atoms with van der Waals surface area (Å²) in [6.45, 7) is 0.809. The molecule has 0 radical (unpaired) electrons. The number of nitrogens with one attached hydrogen (secondary N) is 1. The van der Waals surface area contributed by atoms with Crippen LogP contribution in [-0.2, 0) is 11.3 Å². The molecule has 0 aliphatic carbocycles. The molecule has 1 fully saturated rings. The lowest BCUT2D eigenvalue weighted by Crippen LogP contribution is -2.25. The Hall–Kier alpha value is -3.81. The summed E-state index contributed by atoms with van der Waals surface area (Å²) in [6, 6.07) is 15.7. The van der Waals surface area contributed by atoms with Gasteiger partial charge in [0.2, 0.25) is 0 Å². The Balaban J connectivity index is 1.42. The fraction of sp³-hybridized carbons (Fsp3) is 0.143. The third-order valence-corrected chi connectivity index (χ3v) is 4.28. The van der Waals surface area contributed by atoms with Gasteiger partial charge in [0.25, 0.3) is 5.91 Å². The van der Waals surface area contributed by atoms with E-state index in [9.17, 15) is 14.0 Å². The third kappa shape index (κ3) is 4.21. The van der Waals surface area contributed by atoms with Crippen LogP contribution in [0, 0.1) is 5.82 Å². The van der Waals surface area contributed by atoms with Gasteiger partial charge in [-0.2, -0.15) is 0 Å². The summed E-state index contributed by atoms with van der Waals surface area (Å²) in [5.41, 5.74) is 1.02. The van der Waals surface area contributed by atoms with Gasteiger partial charge in [0.05, 0.1) is 17.9 Å². The quantitative estimate of drug-likeness (QED) is 0.675. The maximum absolute atomic E-state index is 12.9. The first-order chi connectivity index (χ1) is 14.1. The smallest absolute Gasteiger partial charge is 0.414 e. The lowest BCUT2D eigenvalue weighted by atomic mass is 10.2. The zero-order valence-corrected chi connectivity index (χ0v) is 15.3. The van der Waals surface area contributed by atoms with Crippen LogP contribution in [0.15, 0.2) is 65.1 Å². The molecule has 7 nitrogen and oxygen atoms in total. The van der Waals surface area contributed by atoms with Crippen LogP contribution in [0.4, 0.5) is 20.6 Å². The lowest BCUT2D eigenvalue weighted by molar-refractivity contribution is 0.0992. The van der Waals surface area contributed by atoms with E-state index in [0.29, 0.717) is 36.0 Å². The Bertz CT molecular complexity index is 1030. The molecule has 0 atom stereocenters. The third-order valence-electron chi connectivity index (χ3n) is 4.28. The first-order valence-electron chi connectivity index (χ1n) is 8.92. The molecule has 4 rings (SSSR count). The van der Waals surface area contributed by atoms with Gasteiger partial charge in [-0.05, 0) is 48.5 Å². The van der Waals surface area contributed by atoms with Crippen LogP contribution in [0.25, 0.3) is 0 Å². The Morgan fingerprint density at radius 1 is 1.10 bits per heavy atom. The number of nitrogens with zero attached hydrogens (tertiary/aromatic N) is 1. The second-order valence-electron chi connectivity index (χ2n) is 6.25. The van der Waals surface area contributed by atoms with Crippen LogP contribution in [0.1, 0.15) is 16.3 Å². The molecule has 2 aromatic carbocycles. The molecule has 2 amide bonds. The Labute approximate surface area is 165 Å². The lowest BCUT2D eigenvalue weighted by Gasteiger charge is -2.17. The first kappa shape index (κ1) is 18.5. The molecule has 3 aromatic rings. The van der Waals surface area contributed by atoms with Crippen molar-refractivity contribution < 1.29 is 27.9 Å². The van der Waals surface area contributed by atoms with Crippen LogP contribution in [-0.4, -0.2) is 25.2 Å². The number of carbonyl (C=O) groups excluding carboxylic acids is 2. The minimum atomic E-state index is -0.460. The van der Waals surface area contributed by atoms with Crippen molar-refractivity contribution in [3.63, 3.8) is 0 Å². The monoisotopic (exact) mass is 396 g/mol. The second-order valence-corrected chi connectivity index (χ2v) is 6.25. The van der Waals surface area contributed by atoms with Gasteiger partial charge in [0, 0.05) is 0 Å². The van der Waals surface area contributed by atoms with Crippen LogP contribution in [0.2, 0.25) is 0 Å². The summed E-state index contributed by atoms with van der Waals surface area (Å²) in [7, 11) is 0. The molecule has 1 aromatic heterocycles. The highest BCUT2D eigenvalue weighted by atomic mass is 19.1. The van der Waals surface area contributed by atoms with E-state index in [4.69, 9.17) is 13.9 Å². The van der Waals surface area contributed by atoms with E-state index in [-0.39, 0.29) is 18.2 Å². The summed E-state index contributed by atoms with van der Waals surface area (Å²) in [5.74, 6) is 0.215. The number of rotatable bonds is 6. The van der Waals surface area contributed by atoms with Gasteiger partial charge >= 0.3 is 6.09 Å². The van der Waals surface area contributed by atoms with Crippen molar-refractivity contribution in [1.82, 2.24) is 0 Å². The van der Waals surface area contributed by atoms with Crippen molar-refractivity contribution in [3.05, 3.63) is 78.0 Å². The molecule has 0 saturated carbocycles. The summed E-state index contributed by atoms with van der Waals surface area (Å²) in [6.07, 6.45) is -0.454. The molecule has 29 heavy (non-hydrogen) atoms. The molecule has 0 unspecified atom stereocenters. The van der Waals surface area contributed by atoms with E-state index in [0.717, 1.165) is 0 Å². The van der Waals surface area contributed by atoms with Crippen LogP contribution < -0.4 is 15.0 Å². The zero-order chi connectivity index (χ0) is 20.2. The van der Waals surface area contributed by atoms with Crippen molar-refractivity contribution in [3.8, 4) is 5.75 Å². The molecule has 0 spiro atoms. The molecule has 148 valence electrons. The molecule has 2 heterocycles. The number of amides is 2. The number of cyclic esters (lactones) is 1. The Kier molecular flexibility index (Phi) is 5.15. The summed E-state index contributed by atoms with van der Waals surface area (Å²) < 4.78 is 28.9. The molecule has 1 aliphatic rings. The van der Waals surface area contributed by atoms with E-state index < -0.39 is 12.0 Å². The van der Waals surface area contributed by atoms with Crippen molar-refractivity contribution in [2.45, 2.75) is 6.61 Å². The topological polar surface area (TPSA) is 81.0 Å². The minimum Gasteiger partial charge on any atom is -0.486 e. The Morgan fingerprint density at radius 2 is 1.90 bits per heavy atom. The normalized spacial score (nSPS) is 13.3. The fourth-order valence-corrected chi connectivity index (χ4v) is 2.87. The molecule has 1 N–H and O–H groups in total. The first-order valence-corrected chi connectivity index (χ1v) is 8.92. The average molecular weight is 396 g/mol. The van der Waals surface area contributed by atoms with Gasteiger partial charge in [-0.1, -0.05) is 12.1 Å². The predicted octanol–water partition coefficient (Wildman–Crippen LogP) is 4.21. The van der Waals surface area contributed by atoms with Gasteiger partial charge in [-0.3, -0.25) is 9.69 Å². The Morgan fingerprint density at radius 3 is 2.66 bits per heavy atom. The fourth-order valence-electron chi connectivity index (χ4n) is 2.87. The molecule has 0 bridgehead atoms. The van der Waals surface area contributed by atoms with E-state index in [1.807, 2.05) is 0 Å². The minimum absolute atomic E-state index is 0.0924. The van der Waals surface area contributed by atoms with Crippen molar-refractivity contribution >= 4 is 23.4 Å². The SMILES string of the molecule is O=C(Nc1ccccc1N1CCOC1=O)c1ccc(COc2ccc(F)cc2)o1. The zero-order valence-electron chi connectivity index (χ0n) is 15.3. The van der Waals surface area contributed by atoms with E-state index in [2.05, 4.69) is 5.32 Å². The van der Waals surface area contributed by atoms with Gasteiger partial charge in [0.15, 0.2) is 5.76 Å². The average Bonchev–Trinajstić information content (AvgIpc) is 3.37. The number of hydrogen-bond acceptors (Lipinski definition) is 5. The highest BCUT2D eigenvalue weighted by Crippen LogP contribution is 2.28. The van der Waals surface area contributed by atoms with Crippen LogP contribution in [0.3, 0.4) is 0 Å². The van der Waals surface area contributed by atoms with Gasteiger partial charge in [-0.25, -0.2) is 9.18 Å². The number of halogens is 1. The summed E-state index contributed by atoms with van der Waals surface area (Å²) in [5, 5.41) is 2.75. The maximum Gasteiger partial charge on any atom is 0.414 e. The predicted molar refractivity (Wildman–Crippen MR) is 103 cm³/mol. The standard InChI is InChI=1S/C21H17FN2O5/c22-14-5-7-15(8-6-14)28-13-16-9-10-19(29-16)20(25)23-17-3-1-2-4-18(17)24-11-12-27-21(24)26/h1-10H,11-13H2,(H,23,25). The van der Waals surface area contributed by atoms with Crippen molar-refractivity contribution in [2.24, 2.45) is 0 Å². The number of ether oxygens (including phenoxy) is 2. The number of furan rings is 1. The largest absolute Gasteiger partial charge is 0.486 e. The van der Waals surface area contributed by atoms with Gasteiger partial charge in [-0.15, -0.1) is 0 Å². The molecular weight excluding hydrogens is 379 g/mol. The summed E-state index contributed by atoms with van der Waals surface area (Å²) in [4.78, 5) is 25.9.